The normalized spacial score (nSPS) is 39.1. The Labute approximate surface area is 189 Å². The summed E-state index contributed by atoms with van der Waals surface area (Å²) < 4.78 is 12.1. The maximum atomic E-state index is 10.4. The predicted molar refractivity (Wildman–Crippen MR) is 141 cm³/mol. The molecule has 3 nitrogen and oxygen atoms in total. The van der Waals surface area contributed by atoms with Crippen molar-refractivity contribution >= 4 is 49.1 Å². The third kappa shape index (κ3) is 7.62. The van der Waals surface area contributed by atoms with Crippen molar-refractivity contribution in [3.63, 3.8) is 0 Å². The van der Waals surface area contributed by atoms with Crippen molar-refractivity contribution in [3.8, 4) is 0 Å². The van der Waals surface area contributed by atoms with E-state index in [9.17, 15) is 5.11 Å². The van der Waals surface area contributed by atoms with Crippen LogP contribution in [0.2, 0.25) is 0 Å². The Bertz CT molecular complexity index is 641. The zero-order valence-corrected chi connectivity index (χ0v) is 21.7. The summed E-state index contributed by atoms with van der Waals surface area (Å²) in [4.78, 5) is 0. The Balaban J connectivity index is 1.81. The first kappa shape index (κ1) is 26.9. The largest absolute Gasteiger partial charge is 0.390 e. The van der Waals surface area contributed by atoms with E-state index in [-0.39, 0.29) is 30.1 Å². The molecule has 9 atom stereocenters. The molecule has 0 aromatic rings. The van der Waals surface area contributed by atoms with Gasteiger partial charge in [-0.05, 0) is 63.2 Å². The first-order valence-electron chi connectivity index (χ1n) is 11.5. The zero-order valence-electron chi connectivity index (χ0n) is 19.9. The molecule has 2 rings (SSSR count). The standard InChI is InChI=1S/C22H42B3O3P2/c1-15-17(10-8-9-11-19-20(26)16(2)22(25-24)28-19)18(27-21(15)23)12-13-30(6,7)14-29(3,4)5/h15-22,26H,3,6,8-14H2,1-2,4-5,7H3/t15-,16-,17+,18-,19-,20+,21-,22-,30?/m1/s1. The summed E-state index contributed by atoms with van der Waals surface area (Å²) in [5, 5.41) is 10.4. The number of hydrogen-bond acceptors (Lipinski definition) is 3. The molecule has 0 aromatic heterocycles. The maximum Gasteiger partial charge on any atom is 0.109 e. The molecule has 5 radical (unpaired) electrons. The second kappa shape index (κ2) is 11.2. The van der Waals surface area contributed by atoms with Crippen molar-refractivity contribution in [2.45, 2.75) is 76.3 Å². The molecule has 0 amide bonds. The Morgan fingerprint density at radius 2 is 1.60 bits per heavy atom. The van der Waals surface area contributed by atoms with Crippen molar-refractivity contribution in [1.29, 1.82) is 0 Å². The van der Waals surface area contributed by atoms with Crippen molar-refractivity contribution in [3.05, 3.63) is 0 Å². The quantitative estimate of drug-likeness (QED) is 0.299. The highest BCUT2D eigenvalue weighted by molar-refractivity contribution is 7.88. The molecule has 2 fully saturated rings. The Kier molecular flexibility index (Phi) is 10.1. The minimum Gasteiger partial charge on any atom is -0.390 e. The molecule has 1 N–H and O–H groups in total. The minimum atomic E-state index is -1.19. The molecule has 0 bridgehead atoms. The SMILES string of the molecule is [B][B][C@@H]1O[C@H](CCCC[C@H]2[C@@H](C)[C@H]([B])O[C@@H]2CCP(=C)(C)CP(=C)(C)C)[C@@H](O)[C@H]1C. The fraction of sp³-hybridized carbons (Fsp3) is 0.909. The van der Waals surface area contributed by atoms with Gasteiger partial charge in [-0.3, -0.25) is 0 Å². The number of rotatable bonds is 11. The van der Waals surface area contributed by atoms with Gasteiger partial charge < -0.3 is 14.6 Å². The van der Waals surface area contributed by atoms with Gasteiger partial charge in [0.2, 0.25) is 0 Å². The van der Waals surface area contributed by atoms with Crippen LogP contribution < -0.4 is 0 Å². The minimum absolute atomic E-state index is 0.0664. The van der Waals surface area contributed by atoms with Crippen molar-refractivity contribution in [2.75, 3.05) is 32.1 Å². The smallest absolute Gasteiger partial charge is 0.109 e. The van der Waals surface area contributed by atoms with Crippen LogP contribution >= 0.6 is 13.8 Å². The lowest BCUT2D eigenvalue weighted by Crippen LogP contribution is -2.27. The molecule has 2 aliphatic heterocycles. The summed E-state index contributed by atoms with van der Waals surface area (Å²) in [6.45, 7) is 8.96. The van der Waals surface area contributed by atoms with Crippen LogP contribution in [0.1, 0.15) is 46.0 Å². The van der Waals surface area contributed by atoms with Crippen LogP contribution in [0, 0.1) is 17.8 Å². The number of ether oxygens (including phenoxy) is 2. The fourth-order valence-corrected chi connectivity index (χ4v) is 14.1. The van der Waals surface area contributed by atoms with Gasteiger partial charge in [0.15, 0.2) is 0 Å². The molecule has 0 aliphatic carbocycles. The molecular weight excluding hydrogens is 407 g/mol. The van der Waals surface area contributed by atoms with Crippen LogP contribution in [0.3, 0.4) is 0 Å². The first-order valence-corrected chi connectivity index (χ1v) is 17.3. The highest BCUT2D eigenvalue weighted by Crippen LogP contribution is 2.55. The molecule has 30 heavy (non-hydrogen) atoms. The summed E-state index contributed by atoms with van der Waals surface area (Å²) in [6, 6.07) is -0.297. The number of aliphatic hydroxyl groups excluding tert-OH is 1. The molecular formula is C22H42B3O3P2. The maximum absolute atomic E-state index is 10.4. The Morgan fingerprint density at radius 3 is 2.17 bits per heavy atom. The van der Waals surface area contributed by atoms with E-state index in [1.54, 1.807) is 7.17 Å². The van der Waals surface area contributed by atoms with E-state index in [1.165, 1.54) is 5.90 Å². The Hall–Kier alpha value is 0.675. The van der Waals surface area contributed by atoms with Gasteiger partial charge >= 0.3 is 0 Å². The lowest BCUT2D eigenvalue weighted by Gasteiger charge is -2.28. The fourth-order valence-electron chi connectivity index (χ4n) is 5.30. The van der Waals surface area contributed by atoms with Crippen molar-refractivity contribution in [2.24, 2.45) is 17.8 Å². The number of hydrogen-bond donors (Lipinski definition) is 1. The summed E-state index contributed by atoms with van der Waals surface area (Å²) in [7, 11) is 13.5. The monoisotopic (exact) mass is 449 g/mol. The number of aliphatic hydroxyl groups is 1. The van der Waals surface area contributed by atoms with Gasteiger partial charge in [-0.2, -0.15) is 0 Å². The van der Waals surface area contributed by atoms with Gasteiger partial charge in [0.1, 0.15) is 7.85 Å². The third-order valence-electron chi connectivity index (χ3n) is 6.92. The summed E-state index contributed by atoms with van der Waals surface area (Å²) in [5.74, 6) is 2.16. The van der Waals surface area contributed by atoms with E-state index in [4.69, 9.17) is 25.1 Å². The third-order valence-corrected chi connectivity index (χ3v) is 14.0. The van der Waals surface area contributed by atoms with Gasteiger partial charge in [0.25, 0.3) is 0 Å². The second-order valence-electron chi connectivity index (χ2n) is 10.8. The molecule has 2 heterocycles. The molecule has 1 unspecified atom stereocenters. The lowest BCUT2D eigenvalue weighted by molar-refractivity contribution is 0.0237. The van der Waals surface area contributed by atoms with Crippen molar-refractivity contribution in [1.82, 2.24) is 0 Å². The summed E-state index contributed by atoms with van der Waals surface area (Å²) in [6.07, 6.45) is 15.0. The number of unbranched alkanes of at least 4 members (excludes halogenated alkanes) is 1. The van der Waals surface area contributed by atoms with Gasteiger partial charge in [-0.15, -0.1) is 26.4 Å². The summed E-state index contributed by atoms with van der Waals surface area (Å²) in [5.41, 5.74) is 0. The van der Waals surface area contributed by atoms with Crippen LogP contribution in [-0.2, 0) is 9.47 Å². The lowest BCUT2D eigenvalue weighted by atomic mass is 9.49. The first-order chi connectivity index (χ1) is 13.8. The topological polar surface area (TPSA) is 38.7 Å². The molecule has 167 valence electrons. The van der Waals surface area contributed by atoms with Gasteiger partial charge in [-0.1, -0.05) is 26.7 Å². The van der Waals surface area contributed by atoms with Crippen LogP contribution in [0.4, 0.5) is 0 Å². The van der Waals surface area contributed by atoms with E-state index in [1.807, 2.05) is 6.92 Å². The van der Waals surface area contributed by atoms with E-state index >= 15 is 0 Å². The summed E-state index contributed by atoms with van der Waals surface area (Å²) >= 11 is 0. The van der Waals surface area contributed by atoms with Crippen molar-refractivity contribution < 1.29 is 14.6 Å². The predicted octanol–water partition coefficient (Wildman–Crippen LogP) is 3.34. The zero-order chi connectivity index (χ0) is 22.7. The second-order valence-corrected chi connectivity index (χ2v) is 19.5. The van der Waals surface area contributed by atoms with Crippen LogP contribution in [-0.4, -0.2) is 103 Å². The van der Waals surface area contributed by atoms with E-state index < -0.39 is 19.9 Å². The molecule has 0 spiro atoms. The van der Waals surface area contributed by atoms with Crippen LogP contribution in [0.15, 0.2) is 0 Å². The Morgan fingerprint density at radius 1 is 0.967 bits per heavy atom. The van der Waals surface area contributed by atoms with Crippen LogP contribution in [0.25, 0.3) is 0 Å². The molecule has 8 heteroatoms. The highest BCUT2D eigenvalue weighted by atomic mass is 31.2. The molecule has 0 saturated carbocycles. The highest BCUT2D eigenvalue weighted by Gasteiger charge is 2.40. The van der Waals surface area contributed by atoms with E-state index in [0.29, 0.717) is 11.8 Å². The van der Waals surface area contributed by atoms with Crippen LogP contribution in [0.5, 0.6) is 0 Å². The van der Waals surface area contributed by atoms with E-state index in [2.05, 4.69) is 39.5 Å². The van der Waals surface area contributed by atoms with Gasteiger partial charge in [0.05, 0.1) is 25.5 Å². The molecule has 2 aliphatic rings. The molecule has 0 aromatic carbocycles. The molecule has 2 saturated heterocycles. The van der Waals surface area contributed by atoms with Gasteiger partial charge in [-0.25, -0.2) is 0 Å². The van der Waals surface area contributed by atoms with E-state index in [0.717, 1.165) is 38.3 Å². The average molecular weight is 449 g/mol. The average Bonchev–Trinajstić information content (AvgIpc) is 3.05. The van der Waals surface area contributed by atoms with Gasteiger partial charge in [0, 0.05) is 25.7 Å².